The van der Waals surface area contributed by atoms with E-state index in [2.05, 4.69) is 36.3 Å². The molecule has 5 heteroatoms. The van der Waals surface area contributed by atoms with Crippen LogP contribution in [0, 0.1) is 5.92 Å². The summed E-state index contributed by atoms with van der Waals surface area (Å²) >= 11 is 0. The molecule has 0 spiro atoms. The summed E-state index contributed by atoms with van der Waals surface area (Å²) in [7, 11) is 0. The molecule has 0 unspecified atom stereocenters. The fraction of sp³-hybridized carbons (Fsp3) is 0.241. The first-order valence-electron chi connectivity index (χ1n) is 11.7. The van der Waals surface area contributed by atoms with Gasteiger partial charge in [0.2, 0.25) is 0 Å². The Bertz CT molecular complexity index is 1270. The number of nitrogens with zero attached hydrogens (tertiary/aromatic N) is 1. The zero-order valence-corrected chi connectivity index (χ0v) is 19.6. The minimum Gasteiger partial charge on any atom is -0.506 e. The van der Waals surface area contributed by atoms with Crippen LogP contribution in [0.3, 0.4) is 0 Å². The number of phenols is 1. The van der Waals surface area contributed by atoms with Gasteiger partial charge in [0.25, 0.3) is 5.91 Å². The SMILES string of the molecule is CC(C)COc1ccc(C(=O)NCCCc2ccccc2)cc1-c1cc(O)c2ncccc2c1. The zero-order chi connectivity index (χ0) is 23.9. The number of fused-ring (bicyclic) bond motifs is 1. The van der Waals surface area contributed by atoms with Gasteiger partial charge in [-0.15, -0.1) is 0 Å². The number of phenolic OH excluding ortho intramolecular Hbond substituents is 1. The quantitative estimate of drug-likeness (QED) is 0.304. The Balaban J connectivity index is 1.56. The van der Waals surface area contributed by atoms with E-state index in [1.807, 2.05) is 48.5 Å². The Kier molecular flexibility index (Phi) is 7.43. The van der Waals surface area contributed by atoms with Crippen molar-refractivity contribution in [3.63, 3.8) is 0 Å². The highest BCUT2D eigenvalue weighted by atomic mass is 16.5. The summed E-state index contributed by atoms with van der Waals surface area (Å²) < 4.78 is 6.06. The highest BCUT2D eigenvalue weighted by molar-refractivity contribution is 5.97. The van der Waals surface area contributed by atoms with Gasteiger partial charge in [-0.1, -0.05) is 50.2 Å². The maximum Gasteiger partial charge on any atom is 0.251 e. The number of nitrogens with one attached hydrogen (secondary N) is 1. The minimum absolute atomic E-state index is 0.0960. The molecule has 0 radical (unpaired) electrons. The van der Waals surface area contributed by atoms with Crippen molar-refractivity contribution in [2.45, 2.75) is 26.7 Å². The van der Waals surface area contributed by atoms with E-state index < -0.39 is 0 Å². The van der Waals surface area contributed by atoms with Crippen molar-refractivity contribution >= 4 is 16.8 Å². The lowest BCUT2D eigenvalue weighted by Crippen LogP contribution is -2.24. The predicted molar refractivity (Wildman–Crippen MR) is 136 cm³/mol. The number of amides is 1. The van der Waals surface area contributed by atoms with Crippen molar-refractivity contribution in [1.29, 1.82) is 0 Å². The van der Waals surface area contributed by atoms with Crippen LogP contribution in [-0.2, 0) is 6.42 Å². The highest BCUT2D eigenvalue weighted by Gasteiger charge is 2.15. The molecule has 0 aliphatic rings. The van der Waals surface area contributed by atoms with Gasteiger partial charge in [0.1, 0.15) is 17.0 Å². The molecule has 1 aromatic heterocycles. The summed E-state index contributed by atoms with van der Waals surface area (Å²) in [5, 5.41) is 14.4. The largest absolute Gasteiger partial charge is 0.506 e. The van der Waals surface area contributed by atoms with E-state index in [4.69, 9.17) is 4.74 Å². The molecule has 3 aromatic carbocycles. The number of aromatic nitrogens is 1. The van der Waals surface area contributed by atoms with Crippen LogP contribution in [-0.4, -0.2) is 29.1 Å². The number of aromatic hydroxyl groups is 1. The van der Waals surface area contributed by atoms with Gasteiger partial charge in [0.15, 0.2) is 0 Å². The summed E-state index contributed by atoms with van der Waals surface area (Å²) in [6.45, 7) is 5.32. The molecule has 0 saturated carbocycles. The Morgan fingerprint density at radius 2 is 1.85 bits per heavy atom. The first-order chi connectivity index (χ1) is 16.5. The minimum atomic E-state index is -0.128. The normalized spacial score (nSPS) is 11.0. The van der Waals surface area contributed by atoms with Gasteiger partial charge in [0.05, 0.1) is 6.61 Å². The van der Waals surface area contributed by atoms with Gasteiger partial charge in [-0.2, -0.15) is 0 Å². The van der Waals surface area contributed by atoms with Gasteiger partial charge in [-0.25, -0.2) is 0 Å². The van der Waals surface area contributed by atoms with Gasteiger partial charge in [0, 0.05) is 29.3 Å². The Morgan fingerprint density at radius 3 is 2.65 bits per heavy atom. The van der Waals surface area contributed by atoms with Crippen LogP contribution in [0.4, 0.5) is 0 Å². The lowest BCUT2D eigenvalue weighted by atomic mass is 9.99. The third kappa shape index (κ3) is 5.73. The molecule has 0 aliphatic carbocycles. The molecule has 5 nitrogen and oxygen atoms in total. The van der Waals surface area contributed by atoms with Gasteiger partial charge in [-0.05, 0) is 66.3 Å². The molecule has 0 aliphatic heterocycles. The Hall–Kier alpha value is -3.86. The monoisotopic (exact) mass is 454 g/mol. The summed E-state index contributed by atoms with van der Waals surface area (Å²) in [4.78, 5) is 17.1. The molecule has 1 amide bonds. The maximum atomic E-state index is 12.9. The number of carbonyl (C=O) groups excluding carboxylic acids is 1. The van der Waals surface area contributed by atoms with E-state index in [1.54, 1.807) is 18.3 Å². The van der Waals surface area contributed by atoms with Crippen LogP contribution in [0.5, 0.6) is 11.5 Å². The molecule has 1 heterocycles. The maximum absolute atomic E-state index is 12.9. The predicted octanol–water partition coefficient (Wildman–Crippen LogP) is 6.00. The third-order valence-corrected chi connectivity index (χ3v) is 5.58. The molecule has 0 fully saturated rings. The van der Waals surface area contributed by atoms with Crippen molar-refractivity contribution in [3.05, 3.63) is 90.1 Å². The number of benzene rings is 3. The van der Waals surface area contributed by atoms with Crippen LogP contribution < -0.4 is 10.1 Å². The first-order valence-corrected chi connectivity index (χ1v) is 11.7. The van der Waals surface area contributed by atoms with E-state index >= 15 is 0 Å². The number of pyridine rings is 1. The van der Waals surface area contributed by atoms with Crippen LogP contribution in [0.2, 0.25) is 0 Å². The number of ether oxygens (including phenoxy) is 1. The highest BCUT2D eigenvalue weighted by Crippen LogP contribution is 2.36. The Labute approximate surface area is 200 Å². The van der Waals surface area contributed by atoms with Crippen LogP contribution >= 0.6 is 0 Å². The average Bonchev–Trinajstić information content (AvgIpc) is 2.85. The molecule has 0 saturated heterocycles. The first kappa shape index (κ1) is 23.3. The topological polar surface area (TPSA) is 71.5 Å². The third-order valence-electron chi connectivity index (χ3n) is 5.58. The lowest BCUT2D eigenvalue weighted by Gasteiger charge is -2.16. The van der Waals surface area contributed by atoms with Crippen molar-refractivity contribution in [3.8, 4) is 22.6 Å². The van der Waals surface area contributed by atoms with Gasteiger partial charge < -0.3 is 15.2 Å². The summed E-state index contributed by atoms with van der Waals surface area (Å²) in [5.74, 6) is 1.00. The number of hydrogen-bond donors (Lipinski definition) is 2. The molecule has 4 rings (SSSR count). The smallest absolute Gasteiger partial charge is 0.251 e. The second kappa shape index (κ2) is 10.8. The van der Waals surface area contributed by atoms with E-state index in [0.717, 1.165) is 29.4 Å². The Morgan fingerprint density at radius 1 is 1.03 bits per heavy atom. The molecule has 0 bridgehead atoms. The van der Waals surface area contributed by atoms with Crippen LogP contribution in [0.15, 0.2) is 79.0 Å². The van der Waals surface area contributed by atoms with E-state index in [-0.39, 0.29) is 11.7 Å². The van der Waals surface area contributed by atoms with Crippen molar-refractivity contribution in [2.75, 3.05) is 13.2 Å². The summed E-state index contributed by atoms with van der Waals surface area (Å²) in [5.41, 5.74) is 3.89. The number of carbonyl (C=O) groups is 1. The molecular weight excluding hydrogens is 424 g/mol. The molecule has 0 atom stereocenters. The van der Waals surface area contributed by atoms with Gasteiger partial charge in [-0.3, -0.25) is 9.78 Å². The van der Waals surface area contributed by atoms with Crippen molar-refractivity contribution < 1.29 is 14.6 Å². The van der Waals surface area contributed by atoms with Crippen molar-refractivity contribution in [1.82, 2.24) is 10.3 Å². The fourth-order valence-corrected chi connectivity index (χ4v) is 3.85. The second-order valence-electron chi connectivity index (χ2n) is 8.83. The van der Waals surface area contributed by atoms with E-state index in [0.29, 0.717) is 35.9 Å². The summed E-state index contributed by atoms with van der Waals surface area (Å²) in [6.07, 6.45) is 3.43. The molecule has 4 aromatic rings. The second-order valence-corrected chi connectivity index (χ2v) is 8.83. The molecule has 174 valence electrons. The molecule has 34 heavy (non-hydrogen) atoms. The van der Waals surface area contributed by atoms with E-state index in [1.165, 1.54) is 5.56 Å². The van der Waals surface area contributed by atoms with Crippen molar-refractivity contribution in [2.24, 2.45) is 5.92 Å². The molecule has 2 N–H and O–H groups in total. The van der Waals surface area contributed by atoms with Gasteiger partial charge >= 0.3 is 0 Å². The summed E-state index contributed by atoms with van der Waals surface area (Å²) in [6, 6.07) is 23.1. The zero-order valence-electron chi connectivity index (χ0n) is 19.6. The fourth-order valence-electron chi connectivity index (χ4n) is 3.85. The number of rotatable bonds is 9. The standard InChI is InChI=1S/C29H30N2O3/c1-20(2)19-34-27-13-12-23(29(33)31-15-6-10-21-8-4-3-5-9-21)17-25(27)24-16-22-11-7-14-30-28(22)26(32)18-24/h3-5,7-9,11-14,16-18,20,32H,6,10,15,19H2,1-2H3,(H,31,33). The number of aryl methyl sites for hydroxylation is 1. The average molecular weight is 455 g/mol. The van der Waals surface area contributed by atoms with Crippen LogP contribution in [0.1, 0.15) is 36.2 Å². The lowest BCUT2D eigenvalue weighted by molar-refractivity contribution is 0.0953. The van der Waals surface area contributed by atoms with Crippen LogP contribution in [0.25, 0.3) is 22.0 Å². The number of hydrogen-bond acceptors (Lipinski definition) is 4. The molecular formula is C29H30N2O3. The van der Waals surface area contributed by atoms with E-state index in [9.17, 15) is 9.90 Å².